The Kier molecular flexibility index (Phi) is 6.87. The number of carbonyl (C=O) groups excluding carboxylic acids is 1. The van der Waals surface area contributed by atoms with Crippen molar-refractivity contribution < 1.29 is 14.3 Å². The van der Waals surface area contributed by atoms with Crippen molar-refractivity contribution in [3.8, 4) is 5.75 Å². The summed E-state index contributed by atoms with van der Waals surface area (Å²) in [5, 5.41) is 0. The standard InChI is InChI=1S/C23H28N2O3S/c1-6-28-18-7-8-20-21(13-18)29-23(25(20)9-10-27-5)24-22(26)14-19-16(3)11-15(2)12-17(19)4/h7-8,11-13H,6,9-10,14H2,1-5H3. The van der Waals surface area contributed by atoms with E-state index in [9.17, 15) is 4.79 Å². The fraction of sp³-hybridized carbons (Fsp3) is 0.391. The Hall–Kier alpha value is -2.44. The number of hydrogen-bond acceptors (Lipinski definition) is 4. The lowest BCUT2D eigenvalue weighted by Gasteiger charge is -2.09. The van der Waals surface area contributed by atoms with Crippen LogP contribution in [0.2, 0.25) is 0 Å². The fourth-order valence-electron chi connectivity index (χ4n) is 3.58. The number of hydrogen-bond donors (Lipinski definition) is 0. The van der Waals surface area contributed by atoms with Crippen LogP contribution in [-0.2, 0) is 22.5 Å². The first-order chi connectivity index (χ1) is 13.9. The van der Waals surface area contributed by atoms with Gasteiger partial charge in [-0.05, 0) is 62.6 Å². The third-order valence-electron chi connectivity index (χ3n) is 4.87. The summed E-state index contributed by atoms with van der Waals surface area (Å²) in [4.78, 5) is 18.0. The summed E-state index contributed by atoms with van der Waals surface area (Å²) in [5.41, 5.74) is 5.57. The van der Waals surface area contributed by atoms with Crippen LogP contribution in [0.4, 0.5) is 0 Å². The second kappa shape index (κ2) is 9.37. The molecule has 1 amide bonds. The molecule has 6 heteroatoms. The van der Waals surface area contributed by atoms with Crippen LogP contribution >= 0.6 is 11.3 Å². The molecule has 0 bridgehead atoms. The maximum absolute atomic E-state index is 12.8. The molecule has 0 fully saturated rings. The van der Waals surface area contributed by atoms with E-state index in [0.29, 0.717) is 31.0 Å². The highest BCUT2D eigenvalue weighted by Gasteiger charge is 2.12. The Morgan fingerprint density at radius 2 is 1.86 bits per heavy atom. The van der Waals surface area contributed by atoms with Crippen LogP contribution in [0.25, 0.3) is 10.2 Å². The van der Waals surface area contributed by atoms with E-state index in [2.05, 4.69) is 37.9 Å². The molecule has 29 heavy (non-hydrogen) atoms. The highest BCUT2D eigenvalue weighted by molar-refractivity contribution is 7.16. The van der Waals surface area contributed by atoms with Crippen LogP contribution in [0.15, 0.2) is 35.3 Å². The number of nitrogens with zero attached hydrogens (tertiary/aromatic N) is 2. The molecule has 0 radical (unpaired) electrons. The average Bonchev–Trinajstić information content (AvgIpc) is 2.99. The zero-order valence-corrected chi connectivity index (χ0v) is 18.6. The maximum atomic E-state index is 12.8. The van der Waals surface area contributed by atoms with Gasteiger partial charge >= 0.3 is 0 Å². The van der Waals surface area contributed by atoms with Gasteiger partial charge in [0.1, 0.15) is 5.75 Å². The molecule has 1 aromatic heterocycles. The summed E-state index contributed by atoms with van der Waals surface area (Å²) in [7, 11) is 1.67. The zero-order chi connectivity index (χ0) is 21.0. The number of benzene rings is 2. The molecule has 0 aliphatic rings. The van der Waals surface area contributed by atoms with E-state index in [1.807, 2.05) is 29.7 Å². The van der Waals surface area contributed by atoms with Gasteiger partial charge in [0.25, 0.3) is 5.91 Å². The predicted octanol–water partition coefficient (Wildman–Crippen LogP) is 4.34. The van der Waals surface area contributed by atoms with Crippen LogP contribution in [0.5, 0.6) is 5.75 Å². The van der Waals surface area contributed by atoms with Gasteiger partial charge in [-0.1, -0.05) is 29.0 Å². The number of thiazole rings is 1. The number of aromatic nitrogens is 1. The quantitative estimate of drug-likeness (QED) is 0.580. The van der Waals surface area contributed by atoms with E-state index in [4.69, 9.17) is 9.47 Å². The van der Waals surface area contributed by atoms with Crippen molar-refractivity contribution in [2.24, 2.45) is 4.99 Å². The minimum absolute atomic E-state index is 0.136. The molecule has 3 rings (SSSR count). The van der Waals surface area contributed by atoms with Gasteiger partial charge in [-0.2, -0.15) is 4.99 Å². The Morgan fingerprint density at radius 3 is 2.52 bits per heavy atom. The summed E-state index contributed by atoms with van der Waals surface area (Å²) < 4.78 is 14.0. The molecule has 3 aromatic rings. The first-order valence-electron chi connectivity index (χ1n) is 9.82. The Balaban J connectivity index is 2.00. The smallest absolute Gasteiger partial charge is 0.252 e. The van der Waals surface area contributed by atoms with Crippen LogP contribution in [0.3, 0.4) is 0 Å². The van der Waals surface area contributed by atoms with Crippen LogP contribution in [0.1, 0.15) is 29.2 Å². The van der Waals surface area contributed by atoms with E-state index in [0.717, 1.165) is 32.7 Å². The zero-order valence-electron chi connectivity index (χ0n) is 17.7. The molecule has 0 spiro atoms. The molecule has 0 atom stereocenters. The normalized spacial score (nSPS) is 12.0. The first kappa shape index (κ1) is 21.3. The van der Waals surface area contributed by atoms with E-state index in [1.54, 1.807) is 7.11 Å². The van der Waals surface area contributed by atoms with Crippen molar-refractivity contribution in [1.29, 1.82) is 0 Å². The second-order valence-corrected chi connectivity index (χ2v) is 8.16. The summed E-state index contributed by atoms with van der Waals surface area (Å²) in [5.74, 6) is 0.687. The van der Waals surface area contributed by atoms with E-state index >= 15 is 0 Å². The Labute approximate surface area is 175 Å². The van der Waals surface area contributed by atoms with Gasteiger partial charge in [-0.3, -0.25) is 4.79 Å². The number of methoxy groups -OCH3 is 1. The second-order valence-electron chi connectivity index (χ2n) is 7.15. The first-order valence-corrected chi connectivity index (χ1v) is 10.6. The summed E-state index contributed by atoms with van der Waals surface area (Å²) >= 11 is 1.50. The predicted molar refractivity (Wildman–Crippen MR) is 118 cm³/mol. The number of carbonyl (C=O) groups is 1. The molecule has 154 valence electrons. The van der Waals surface area contributed by atoms with Gasteiger partial charge in [0, 0.05) is 13.7 Å². The number of rotatable bonds is 7. The third-order valence-corrected chi connectivity index (χ3v) is 5.91. The lowest BCUT2D eigenvalue weighted by molar-refractivity contribution is -0.117. The molecule has 0 aliphatic heterocycles. The van der Waals surface area contributed by atoms with E-state index in [1.165, 1.54) is 16.9 Å². The fourth-order valence-corrected chi connectivity index (χ4v) is 4.68. The molecule has 5 nitrogen and oxygen atoms in total. The van der Waals surface area contributed by atoms with Gasteiger partial charge in [0.15, 0.2) is 4.80 Å². The summed E-state index contributed by atoms with van der Waals surface area (Å²) in [6.07, 6.45) is 0.306. The number of fused-ring (bicyclic) bond motifs is 1. The summed E-state index contributed by atoms with van der Waals surface area (Å²) in [6, 6.07) is 10.2. The SMILES string of the molecule is CCOc1ccc2c(c1)sc(=NC(=O)Cc1c(C)cc(C)cc1C)n2CCOC. The third kappa shape index (κ3) is 4.95. The number of ether oxygens (including phenoxy) is 2. The van der Waals surface area contributed by atoms with Crippen molar-refractivity contribution in [1.82, 2.24) is 4.57 Å². The monoisotopic (exact) mass is 412 g/mol. The summed E-state index contributed by atoms with van der Waals surface area (Å²) in [6.45, 7) is 9.95. The lowest BCUT2D eigenvalue weighted by atomic mass is 9.97. The molecule has 0 saturated carbocycles. The van der Waals surface area contributed by atoms with Crippen LogP contribution in [0, 0.1) is 20.8 Å². The van der Waals surface area contributed by atoms with Crippen molar-refractivity contribution in [3.63, 3.8) is 0 Å². The molecule has 0 unspecified atom stereocenters. The number of amides is 1. The van der Waals surface area contributed by atoms with Crippen molar-refractivity contribution >= 4 is 27.5 Å². The van der Waals surface area contributed by atoms with Gasteiger partial charge in [-0.25, -0.2) is 0 Å². The average molecular weight is 413 g/mol. The van der Waals surface area contributed by atoms with Gasteiger partial charge < -0.3 is 14.0 Å². The Morgan fingerprint density at radius 1 is 1.14 bits per heavy atom. The largest absolute Gasteiger partial charge is 0.494 e. The highest BCUT2D eigenvalue weighted by atomic mass is 32.1. The van der Waals surface area contributed by atoms with Gasteiger partial charge in [-0.15, -0.1) is 0 Å². The topological polar surface area (TPSA) is 52.8 Å². The molecule has 2 aromatic carbocycles. The van der Waals surface area contributed by atoms with E-state index in [-0.39, 0.29) is 5.91 Å². The van der Waals surface area contributed by atoms with Crippen LogP contribution < -0.4 is 9.54 Å². The van der Waals surface area contributed by atoms with Gasteiger partial charge in [0.05, 0.1) is 29.9 Å². The minimum atomic E-state index is -0.136. The molecule has 0 aliphatic carbocycles. The van der Waals surface area contributed by atoms with E-state index < -0.39 is 0 Å². The molecule has 1 heterocycles. The molecular weight excluding hydrogens is 384 g/mol. The minimum Gasteiger partial charge on any atom is -0.494 e. The molecular formula is C23H28N2O3S. The van der Waals surface area contributed by atoms with Crippen LogP contribution in [-0.4, -0.2) is 30.8 Å². The van der Waals surface area contributed by atoms with Crippen molar-refractivity contribution in [2.45, 2.75) is 40.7 Å². The lowest BCUT2D eigenvalue weighted by Crippen LogP contribution is -2.20. The molecule has 0 N–H and O–H groups in total. The highest BCUT2D eigenvalue weighted by Crippen LogP contribution is 2.24. The van der Waals surface area contributed by atoms with Crippen molar-refractivity contribution in [2.75, 3.05) is 20.3 Å². The maximum Gasteiger partial charge on any atom is 0.252 e. The Bertz CT molecular complexity index is 1070. The number of aryl methyl sites for hydroxylation is 3. The van der Waals surface area contributed by atoms with Crippen molar-refractivity contribution in [3.05, 3.63) is 57.4 Å². The molecule has 0 saturated heterocycles. The van der Waals surface area contributed by atoms with Gasteiger partial charge in [0.2, 0.25) is 0 Å².